The zero-order chi connectivity index (χ0) is 21.8. The average molecular weight is 436 g/mol. The molecule has 0 saturated heterocycles. The molecule has 0 radical (unpaired) electrons. The number of nitrogens with one attached hydrogen (secondary N) is 1. The Morgan fingerprint density at radius 2 is 1.81 bits per heavy atom. The van der Waals surface area contributed by atoms with Crippen molar-refractivity contribution in [2.75, 3.05) is 24.0 Å². The molecule has 2 aromatic heterocycles. The van der Waals surface area contributed by atoms with Gasteiger partial charge in [0.15, 0.2) is 5.82 Å². The lowest BCUT2D eigenvalue weighted by Gasteiger charge is -2.09. The standard InChI is InChI=1S/C20H21N9OS/c1-12-7-3-5-9-14(12)23-19-25-16(24-18(21)26-19)11-31-20-28-27-17(29(20)22)13-8-4-6-10-15(13)30-2/h3-10H,11,22H2,1-2H3,(H3,21,23,24,25,26). The Morgan fingerprint density at radius 1 is 1.03 bits per heavy atom. The van der Waals surface area contributed by atoms with Crippen LogP contribution in [0.15, 0.2) is 53.7 Å². The highest BCUT2D eigenvalue weighted by Gasteiger charge is 2.16. The molecule has 11 heteroatoms. The molecule has 0 aliphatic carbocycles. The van der Waals surface area contributed by atoms with Crippen molar-refractivity contribution >= 4 is 29.3 Å². The average Bonchev–Trinajstić information content (AvgIpc) is 3.13. The van der Waals surface area contributed by atoms with E-state index >= 15 is 0 Å². The van der Waals surface area contributed by atoms with Crippen molar-refractivity contribution in [2.45, 2.75) is 17.8 Å². The zero-order valence-electron chi connectivity index (χ0n) is 17.0. The van der Waals surface area contributed by atoms with Crippen molar-refractivity contribution in [3.8, 4) is 17.1 Å². The lowest BCUT2D eigenvalue weighted by atomic mass is 10.2. The summed E-state index contributed by atoms with van der Waals surface area (Å²) in [5.74, 6) is 8.77. The summed E-state index contributed by atoms with van der Waals surface area (Å²) >= 11 is 1.34. The van der Waals surface area contributed by atoms with E-state index in [2.05, 4.69) is 30.5 Å². The zero-order valence-corrected chi connectivity index (χ0v) is 17.8. The molecule has 0 atom stereocenters. The molecule has 2 aromatic carbocycles. The molecule has 0 aliphatic heterocycles. The molecule has 0 saturated carbocycles. The first-order chi connectivity index (χ1) is 15.0. The van der Waals surface area contributed by atoms with Gasteiger partial charge >= 0.3 is 0 Å². The number of nitrogens with zero attached hydrogens (tertiary/aromatic N) is 6. The molecule has 2 heterocycles. The predicted molar refractivity (Wildman–Crippen MR) is 120 cm³/mol. The van der Waals surface area contributed by atoms with E-state index in [4.69, 9.17) is 16.3 Å². The fourth-order valence-electron chi connectivity index (χ4n) is 2.91. The second kappa shape index (κ2) is 8.88. The molecule has 0 spiro atoms. The number of rotatable bonds is 7. The van der Waals surface area contributed by atoms with Gasteiger partial charge in [0.1, 0.15) is 11.6 Å². The molecular weight excluding hydrogens is 414 g/mol. The third kappa shape index (κ3) is 4.51. The van der Waals surface area contributed by atoms with Gasteiger partial charge in [0.2, 0.25) is 17.1 Å². The van der Waals surface area contributed by atoms with Gasteiger partial charge in [-0.1, -0.05) is 42.1 Å². The van der Waals surface area contributed by atoms with E-state index in [-0.39, 0.29) is 5.95 Å². The number of hydrogen-bond acceptors (Lipinski definition) is 10. The number of aryl methyl sites for hydroxylation is 1. The van der Waals surface area contributed by atoms with Gasteiger partial charge in [-0.15, -0.1) is 10.2 Å². The minimum absolute atomic E-state index is 0.130. The van der Waals surface area contributed by atoms with Crippen LogP contribution in [0, 0.1) is 6.92 Å². The molecule has 158 valence electrons. The van der Waals surface area contributed by atoms with Gasteiger partial charge in [-0.3, -0.25) is 0 Å². The summed E-state index contributed by atoms with van der Waals surface area (Å²) in [5.41, 5.74) is 8.59. The Hall–Kier alpha value is -3.86. The molecule has 5 N–H and O–H groups in total. The molecular formula is C20H21N9OS. The van der Waals surface area contributed by atoms with E-state index in [1.807, 2.05) is 55.5 Å². The van der Waals surface area contributed by atoms with Gasteiger partial charge in [0.05, 0.1) is 18.4 Å². The summed E-state index contributed by atoms with van der Waals surface area (Å²) in [7, 11) is 1.60. The molecule has 4 aromatic rings. The topological polar surface area (TPSA) is 143 Å². The van der Waals surface area contributed by atoms with Crippen LogP contribution in [-0.2, 0) is 5.75 Å². The van der Waals surface area contributed by atoms with Gasteiger partial charge in [0, 0.05) is 5.69 Å². The summed E-state index contributed by atoms with van der Waals surface area (Å²) in [4.78, 5) is 12.8. The van der Waals surface area contributed by atoms with Crippen molar-refractivity contribution < 1.29 is 4.74 Å². The highest BCUT2D eigenvalue weighted by Crippen LogP contribution is 2.30. The number of ether oxygens (including phenoxy) is 1. The Bertz CT molecular complexity index is 1210. The molecule has 0 aliphatic rings. The smallest absolute Gasteiger partial charge is 0.232 e. The Balaban J connectivity index is 1.52. The summed E-state index contributed by atoms with van der Waals surface area (Å²) in [5, 5.41) is 12.1. The number of nitrogen functional groups attached to an aromatic ring is 2. The summed E-state index contributed by atoms with van der Waals surface area (Å²) in [6.07, 6.45) is 0. The molecule has 0 fully saturated rings. The fraction of sp³-hybridized carbons (Fsp3) is 0.150. The van der Waals surface area contributed by atoms with E-state index in [0.717, 1.165) is 16.8 Å². The minimum atomic E-state index is 0.130. The van der Waals surface area contributed by atoms with Crippen LogP contribution in [0.1, 0.15) is 11.4 Å². The Morgan fingerprint density at radius 3 is 2.61 bits per heavy atom. The predicted octanol–water partition coefficient (Wildman–Crippen LogP) is 2.78. The summed E-state index contributed by atoms with van der Waals surface area (Å²) < 4.78 is 6.80. The van der Waals surface area contributed by atoms with Crippen LogP contribution in [0.25, 0.3) is 11.4 Å². The molecule has 4 rings (SSSR count). The number of hydrogen-bond donors (Lipinski definition) is 3. The van der Waals surface area contributed by atoms with E-state index in [0.29, 0.717) is 34.3 Å². The highest BCUT2D eigenvalue weighted by molar-refractivity contribution is 7.98. The number of anilines is 3. The maximum atomic E-state index is 6.23. The summed E-state index contributed by atoms with van der Waals surface area (Å²) in [6.45, 7) is 2.00. The van der Waals surface area contributed by atoms with Crippen LogP contribution >= 0.6 is 11.8 Å². The van der Waals surface area contributed by atoms with E-state index in [9.17, 15) is 0 Å². The van der Waals surface area contributed by atoms with Crippen LogP contribution in [0.2, 0.25) is 0 Å². The third-order valence-corrected chi connectivity index (χ3v) is 5.37. The molecule has 31 heavy (non-hydrogen) atoms. The quantitative estimate of drug-likeness (QED) is 0.293. The first-order valence-corrected chi connectivity index (χ1v) is 10.3. The highest BCUT2D eigenvalue weighted by atomic mass is 32.2. The van der Waals surface area contributed by atoms with Gasteiger partial charge in [-0.25, -0.2) is 4.68 Å². The Kier molecular flexibility index (Phi) is 5.85. The largest absolute Gasteiger partial charge is 0.496 e. The Labute approximate surface area is 183 Å². The number of benzene rings is 2. The van der Waals surface area contributed by atoms with Gasteiger partial charge in [-0.05, 0) is 30.7 Å². The lowest BCUT2D eigenvalue weighted by Crippen LogP contribution is -2.12. The second-order valence-corrected chi connectivity index (χ2v) is 7.48. The van der Waals surface area contributed by atoms with Crippen molar-refractivity contribution in [3.63, 3.8) is 0 Å². The monoisotopic (exact) mass is 435 g/mol. The summed E-state index contributed by atoms with van der Waals surface area (Å²) in [6, 6.07) is 15.3. The van der Waals surface area contributed by atoms with Crippen LogP contribution in [0.5, 0.6) is 5.75 Å². The molecule has 0 amide bonds. The van der Waals surface area contributed by atoms with Crippen molar-refractivity contribution in [3.05, 3.63) is 59.9 Å². The van der Waals surface area contributed by atoms with Gasteiger partial charge < -0.3 is 21.6 Å². The first kappa shape index (κ1) is 20.4. The maximum Gasteiger partial charge on any atom is 0.232 e. The number of nitrogens with two attached hydrogens (primary N) is 2. The normalized spacial score (nSPS) is 10.8. The van der Waals surface area contributed by atoms with E-state index in [1.54, 1.807) is 7.11 Å². The van der Waals surface area contributed by atoms with Crippen LogP contribution < -0.4 is 21.6 Å². The van der Waals surface area contributed by atoms with E-state index in [1.165, 1.54) is 16.4 Å². The third-order valence-electron chi connectivity index (χ3n) is 4.43. The molecule has 0 unspecified atom stereocenters. The second-order valence-electron chi connectivity index (χ2n) is 6.54. The van der Waals surface area contributed by atoms with Crippen LogP contribution in [0.3, 0.4) is 0 Å². The van der Waals surface area contributed by atoms with E-state index < -0.39 is 0 Å². The van der Waals surface area contributed by atoms with Crippen molar-refractivity contribution in [1.29, 1.82) is 0 Å². The van der Waals surface area contributed by atoms with Crippen LogP contribution in [-0.4, -0.2) is 36.9 Å². The lowest BCUT2D eigenvalue weighted by molar-refractivity contribution is 0.416. The number of aromatic nitrogens is 6. The minimum Gasteiger partial charge on any atom is -0.496 e. The van der Waals surface area contributed by atoms with Crippen LogP contribution in [0.4, 0.5) is 17.6 Å². The number of thioether (sulfide) groups is 1. The van der Waals surface area contributed by atoms with Gasteiger partial charge in [0.25, 0.3) is 0 Å². The first-order valence-electron chi connectivity index (χ1n) is 9.35. The number of para-hydroxylation sites is 2. The molecule has 10 nitrogen and oxygen atoms in total. The number of methoxy groups -OCH3 is 1. The fourth-order valence-corrected chi connectivity index (χ4v) is 3.62. The molecule has 0 bridgehead atoms. The van der Waals surface area contributed by atoms with Crippen molar-refractivity contribution in [1.82, 2.24) is 29.8 Å². The van der Waals surface area contributed by atoms with Gasteiger partial charge in [-0.2, -0.15) is 15.0 Å². The maximum absolute atomic E-state index is 6.23. The van der Waals surface area contributed by atoms with Crippen molar-refractivity contribution in [2.24, 2.45) is 0 Å². The SMILES string of the molecule is COc1ccccc1-c1nnc(SCc2nc(N)nc(Nc3ccccc3C)n2)n1N.